The van der Waals surface area contributed by atoms with Crippen LogP contribution < -0.4 is 9.46 Å². The second-order valence-electron chi connectivity index (χ2n) is 9.30. The maximum absolute atomic E-state index is 13.4. The van der Waals surface area contributed by atoms with Crippen LogP contribution in [0.4, 0.5) is 5.69 Å². The molecule has 0 aromatic heterocycles. The molecule has 2 aliphatic heterocycles. The summed E-state index contributed by atoms with van der Waals surface area (Å²) in [7, 11) is -3.70. The van der Waals surface area contributed by atoms with Crippen molar-refractivity contribution in [2.45, 2.75) is 62.4 Å². The molecule has 168 valence electrons. The highest BCUT2D eigenvalue weighted by atomic mass is 32.2. The molecule has 0 radical (unpaired) electrons. The Morgan fingerprint density at radius 3 is 2.66 bits per heavy atom. The van der Waals surface area contributed by atoms with Crippen molar-refractivity contribution in [2.75, 3.05) is 11.3 Å². The van der Waals surface area contributed by atoms with Gasteiger partial charge in [-0.05, 0) is 79.0 Å². The number of rotatable bonds is 5. The average molecular weight is 456 g/mol. The fourth-order valence-corrected chi connectivity index (χ4v) is 6.63. The highest BCUT2D eigenvalue weighted by Crippen LogP contribution is 2.54. The van der Waals surface area contributed by atoms with Gasteiger partial charge < -0.3 is 14.6 Å². The smallest absolute Gasteiger partial charge is 0.337 e. The van der Waals surface area contributed by atoms with E-state index in [1.807, 2.05) is 25.1 Å². The summed E-state index contributed by atoms with van der Waals surface area (Å²) in [4.78, 5) is 12.3. The lowest BCUT2D eigenvalue weighted by Crippen LogP contribution is -2.26. The molecular formula is C24H25NO6S. The van der Waals surface area contributed by atoms with Crippen LogP contribution in [-0.4, -0.2) is 32.2 Å². The number of benzene rings is 2. The van der Waals surface area contributed by atoms with Crippen LogP contribution in [-0.2, 0) is 19.6 Å². The van der Waals surface area contributed by atoms with Gasteiger partial charge in [0.25, 0.3) is 0 Å². The van der Waals surface area contributed by atoms with Crippen molar-refractivity contribution in [3.05, 3.63) is 46.5 Å². The monoisotopic (exact) mass is 455 g/mol. The molecule has 4 aliphatic rings. The van der Waals surface area contributed by atoms with Gasteiger partial charge in [0.05, 0.1) is 18.4 Å². The van der Waals surface area contributed by atoms with Gasteiger partial charge >= 0.3 is 5.97 Å². The summed E-state index contributed by atoms with van der Waals surface area (Å²) >= 11 is 0. The number of aryl methyl sites for hydroxylation is 1. The van der Waals surface area contributed by atoms with Gasteiger partial charge in [0.2, 0.25) is 10.0 Å². The van der Waals surface area contributed by atoms with Gasteiger partial charge in [-0.1, -0.05) is 6.07 Å². The Kier molecular flexibility index (Phi) is 4.36. The van der Waals surface area contributed by atoms with Gasteiger partial charge in [0, 0.05) is 17.5 Å². The predicted molar refractivity (Wildman–Crippen MR) is 118 cm³/mol. The molecule has 2 heterocycles. The van der Waals surface area contributed by atoms with E-state index in [0.29, 0.717) is 41.2 Å². The van der Waals surface area contributed by atoms with E-state index in [9.17, 15) is 18.3 Å². The highest BCUT2D eigenvalue weighted by molar-refractivity contribution is 7.93. The number of fused-ring (bicyclic) bond motifs is 4. The van der Waals surface area contributed by atoms with E-state index < -0.39 is 27.3 Å². The molecule has 32 heavy (non-hydrogen) atoms. The largest absolute Gasteiger partial charge is 0.493 e. The molecule has 2 aromatic rings. The fraction of sp³-hybridized carbons (Fsp3) is 0.458. The molecule has 2 unspecified atom stereocenters. The molecule has 7 nitrogen and oxygen atoms in total. The first-order valence-corrected chi connectivity index (χ1v) is 12.7. The Hall–Kier alpha value is -2.58. The fourth-order valence-electron chi connectivity index (χ4n) is 5.09. The standard InChI is InChI=1S/C24H25NO6S/c1-12-10-17-21(13-2-3-13)22(20(12)23(24(26)27)31-15-5-6-15)14-4-7-18-16(11-14)19(8-9-30-18)32(28,29)25-17/h4,7,10-11,13,15,19,23,25H,2-3,5-6,8-9H2,1H3,(H,26,27). The lowest BCUT2D eigenvalue weighted by atomic mass is 9.84. The zero-order valence-corrected chi connectivity index (χ0v) is 18.6. The van der Waals surface area contributed by atoms with Crippen LogP contribution in [0.3, 0.4) is 0 Å². The Morgan fingerprint density at radius 2 is 1.97 bits per heavy atom. The van der Waals surface area contributed by atoms with Gasteiger partial charge in [-0.2, -0.15) is 0 Å². The van der Waals surface area contributed by atoms with Crippen molar-refractivity contribution in [2.24, 2.45) is 0 Å². The Bertz CT molecular complexity index is 1250. The molecular weight excluding hydrogens is 430 g/mol. The minimum atomic E-state index is -3.70. The molecule has 2 saturated carbocycles. The van der Waals surface area contributed by atoms with E-state index in [1.165, 1.54) is 0 Å². The van der Waals surface area contributed by atoms with Crippen LogP contribution in [0.1, 0.15) is 71.6 Å². The highest BCUT2D eigenvalue weighted by Gasteiger charge is 2.41. The van der Waals surface area contributed by atoms with E-state index >= 15 is 0 Å². The molecule has 2 fully saturated rings. The Balaban J connectivity index is 1.67. The summed E-state index contributed by atoms with van der Waals surface area (Å²) in [5.41, 5.74) is 5.05. The molecule has 0 saturated heterocycles. The van der Waals surface area contributed by atoms with Crippen LogP contribution in [0.5, 0.6) is 5.75 Å². The summed E-state index contributed by atoms with van der Waals surface area (Å²) in [6, 6.07) is 7.42. The number of carboxylic acids is 1. The van der Waals surface area contributed by atoms with Crippen molar-refractivity contribution in [3.63, 3.8) is 0 Å². The predicted octanol–water partition coefficient (Wildman–Crippen LogP) is 4.42. The second-order valence-corrected chi connectivity index (χ2v) is 11.2. The first-order chi connectivity index (χ1) is 15.3. The SMILES string of the molecule is Cc1cc2c(C3CC3)c(c1C(OC1CC1)C(=O)O)-c1ccc3c(c1)C(CCO3)S(=O)(=O)N2. The Labute approximate surface area is 186 Å². The van der Waals surface area contributed by atoms with E-state index in [2.05, 4.69) is 4.72 Å². The van der Waals surface area contributed by atoms with Gasteiger partial charge in [0.1, 0.15) is 11.0 Å². The van der Waals surface area contributed by atoms with Crippen molar-refractivity contribution in [3.8, 4) is 16.9 Å². The van der Waals surface area contributed by atoms with Crippen LogP contribution in [0.15, 0.2) is 24.3 Å². The topological polar surface area (TPSA) is 102 Å². The number of carboxylic acid groups (broad SMARTS) is 1. The number of anilines is 1. The summed E-state index contributed by atoms with van der Waals surface area (Å²) < 4.78 is 41.5. The van der Waals surface area contributed by atoms with E-state index in [0.717, 1.165) is 42.4 Å². The maximum atomic E-state index is 13.4. The summed E-state index contributed by atoms with van der Waals surface area (Å²) in [6.45, 7) is 2.18. The van der Waals surface area contributed by atoms with Crippen molar-refractivity contribution in [1.82, 2.24) is 0 Å². The molecule has 2 aliphatic carbocycles. The third-order valence-electron chi connectivity index (χ3n) is 6.85. The first-order valence-electron chi connectivity index (χ1n) is 11.2. The first kappa shape index (κ1) is 20.1. The number of sulfonamides is 1. The van der Waals surface area contributed by atoms with Crippen LogP contribution in [0.25, 0.3) is 11.1 Å². The van der Waals surface area contributed by atoms with Gasteiger partial charge in [-0.15, -0.1) is 0 Å². The molecule has 4 bridgehead atoms. The zero-order valence-electron chi connectivity index (χ0n) is 17.8. The minimum Gasteiger partial charge on any atom is -0.493 e. The molecule has 8 heteroatoms. The number of carbonyl (C=O) groups is 1. The number of nitrogens with one attached hydrogen (secondary N) is 1. The zero-order chi connectivity index (χ0) is 22.2. The van der Waals surface area contributed by atoms with Crippen LogP contribution in [0.2, 0.25) is 0 Å². The lowest BCUT2D eigenvalue weighted by molar-refractivity contribution is -0.151. The molecule has 0 amide bonds. The molecule has 2 atom stereocenters. The third kappa shape index (κ3) is 3.19. The third-order valence-corrected chi connectivity index (χ3v) is 8.59. The molecule has 0 spiro atoms. The lowest BCUT2D eigenvalue weighted by Gasteiger charge is -2.26. The minimum absolute atomic E-state index is 0.0390. The maximum Gasteiger partial charge on any atom is 0.337 e. The van der Waals surface area contributed by atoms with E-state index in [1.54, 1.807) is 6.07 Å². The van der Waals surface area contributed by atoms with Crippen LogP contribution in [0, 0.1) is 6.92 Å². The quantitative estimate of drug-likeness (QED) is 0.692. The second kappa shape index (κ2) is 6.96. The van der Waals surface area contributed by atoms with Gasteiger partial charge in [-0.3, -0.25) is 4.72 Å². The summed E-state index contributed by atoms with van der Waals surface area (Å²) in [5, 5.41) is 9.38. The van der Waals surface area contributed by atoms with E-state index in [4.69, 9.17) is 9.47 Å². The Morgan fingerprint density at radius 1 is 1.19 bits per heavy atom. The van der Waals surface area contributed by atoms with E-state index in [-0.39, 0.29) is 12.0 Å². The molecule has 2 N–H and O–H groups in total. The normalized spacial score (nSPS) is 23.7. The van der Waals surface area contributed by atoms with Gasteiger partial charge in [-0.25, -0.2) is 13.2 Å². The summed E-state index contributed by atoms with van der Waals surface area (Å²) in [6.07, 6.45) is 2.86. The number of hydrogen-bond donors (Lipinski definition) is 2. The molecule has 6 rings (SSSR count). The average Bonchev–Trinajstić information content (AvgIpc) is 3.65. The molecule has 2 aromatic carbocycles. The number of aliphatic carboxylic acids is 1. The van der Waals surface area contributed by atoms with Crippen molar-refractivity contribution in [1.29, 1.82) is 0 Å². The van der Waals surface area contributed by atoms with Crippen molar-refractivity contribution < 1.29 is 27.8 Å². The van der Waals surface area contributed by atoms with Gasteiger partial charge in [0.15, 0.2) is 6.10 Å². The number of hydrogen-bond acceptors (Lipinski definition) is 5. The van der Waals surface area contributed by atoms with Crippen molar-refractivity contribution >= 4 is 21.7 Å². The van der Waals surface area contributed by atoms with Crippen LogP contribution >= 0.6 is 0 Å². The number of ether oxygens (including phenoxy) is 2. The summed E-state index contributed by atoms with van der Waals surface area (Å²) in [5.74, 6) is -0.260.